The molecule has 1 heterocycles. The normalized spacial score (nSPS) is 16.6. The molecule has 268 valence electrons. The van der Waals surface area contributed by atoms with Gasteiger partial charge in [-0.2, -0.15) is 0 Å². The van der Waals surface area contributed by atoms with E-state index in [2.05, 4.69) is 5.32 Å². The van der Waals surface area contributed by atoms with Crippen molar-refractivity contribution >= 4 is 41.6 Å². The Balaban J connectivity index is 3.44. The van der Waals surface area contributed by atoms with Crippen molar-refractivity contribution in [3.63, 3.8) is 0 Å². The van der Waals surface area contributed by atoms with E-state index >= 15 is 0 Å². The molecule has 15 heteroatoms. The molecule has 0 saturated carbocycles. The largest absolute Gasteiger partial charge is 0.463 e. The predicted molar refractivity (Wildman–Crippen MR) is 165 cm³/mol. The molecule has 0 bridgehead atoms. The molecule has 4 unspecified atom stereocenters. The quantitative estimate of drug-likeness (QED) is 0.0810. The third-order valence-electron chi connectivity index (χ3n) is 7.73. The summed E-state index contributed by atoms with van der Waals surface area (Å²) in [5, 5.41) is 3.23. The first-order valence-electron chi connectivity index (χ1n) is 15.8. The Morgan fingerprint density at radius 2 is 1.36 bits per heavy atom. The number of carbonyl (C=O) groups is 7. The maximum atomic E-state index is 13.8. The molecule has 0 aliphatic carbocycles. The molecule has 0 aromatic carbocycles. The molecule has 0 aromatic heterocycles. The number of ether oxygens (including phenoxy) is 5. The Morgan fingerprint density at radius 1 is 0.809 bits per heavy atom. The van der Waals surface area contributed by atoms with Gasteiger partial charge >= 0.3 is 23.9 Å². The van der Waals surface area contributed by atoms with E-state index in [-0.39, 0.29) is 70.5 Å². The molecule has 4 atom stereocenters. The maximum Gasteiger partial charge on any atom is 0.336 e. The van der Waals surface area contributed by atoms with Crippen LogP contribution in [-0.2, 0) is 62.1 Å². The molecule has 3 amide bonds. The highest BCUT2D eigenvalue weighted by Crippen LogP contribution is 2.42. The Kier molecular flexibility index (Phi) is 17.0. The van der Waals surface area contributed by atoms with Crippen LogP contribution in [0.1, 0.15) is 87.0 Å². The van der Waals surface area contributed by atoms with Gasteiger partial charge in [0, 0.05) is 39.0 Å². The second-order valence-corrected chi connectivity index (χ2v) is 12.8. The molecule has 1 aliphatic heterocycles. The molecule has 1 rings (SSSR count). The number of carbonyl (C=O) groups excluding carboxylic acids is 7. The molecule has 0 spiro atoms. The fourth-order valence-corrected chi connectivity index (χ4v) is 5.19. The summed E-state index contributed by atoms with van der Waals surface area (Å²) < 4.78 is 25.8. The molecule has 1 N–H and O–H groups in total. The van der Waals surface area contributed by atoms with Gasteiger partial charge in [0.2, 0.25) is 5.91 Å². The van der Waals surface area contributed by atoms with E-state index in [0.29, 0.717) is 11.5 Å². The summed E-state index contributed by atoms with van der Waals surface area (Å²) in [5.74, 6) is -6.71. The van der Waals surface area contributed by atoms with E-state index in [0.717, 1.165) is 0 Å². The van der Waals surface area contributed by atoms with Crippen LogP contribution in [0.5, 0.6) is 0 Å². The molecule has 0 radical (unpaired) electrons. The van der Waals surface area contributed by atoms with Gasteiger partial charge in [-0.05, 0) is 67.2 Å². The van der Waals surface area contributed by atoms with Crippen LogP contribution in [0.25, 0.3) is 0 Å². The standard InChI is InChI=1S/C32H52N2O13/c1-10-22(26(37)33-20(2)3)17-23(28(39)47-34-24(35)11-12-25(34)36)18-32(7,19-31(5,6)29(40)45-14-13-42-8)30(41)46-16-15-44-27(38)21(4)43-9/h20-23H,10-19H2,1-9H3,(H,33,37). The van der Waals surface area contributed by atoms with E-state index < -0.39 is 64.5 Å². The highest BCUT2D eigenvalue weighted by molar-refractivity contribution is 6.01. The lowest BCUT2D eigenvalue weighted by molar-refractivity contribution is -0.202. The first kappa shape index (κ1) is 41.4. The van der Waals surface area contributed by atoms with Crippen LogP contribution >= 0.6 is 0 Å². The van der Waals surface area contributed by atoms with E-state index in [1.807, 2.05) is 0 Å². The average molecular weight is 673 g/mol. The molecular formula is C32H52N2O13. The van der Waals surface area contributed by atoms with Crippen molar-refractivity contribution in [2.24, 2.45) is 22.7 Å². The van der Waals surface area contributed by atoms with Gasteiger partial charge in [0.15, 0.2) is 6.10 Å². The van der Waals surface area contributed by atoms with Crippen LogP contribution < -0.4 is 5.32 Å². The number of imide groups is 1. The number of methoxy groups -OCH3 is 2. The minimum Gasteiger partial charge on any atom is -0.463 e. The molecular weight excluding hydrogens is 620 g/mol. The van der Waals surface area contributed by atoms with Crippen LogP contribution in [0, 0.1) is 22.7 Å². The van der Waals surface area contributed by atoms with E-state index in [9.17, 15) is 33.6 Å². The number of amides is 3. The third-order valence-corrected chi connectivity index (χ3v) is 7.73. The first-order valence-corrected chi connectivity index (χ1v) is 15.8. The highest BCUT2D eigenvalue weighted by Gasteiger charge is 2.48. The monoisotopic (exact) mass is 672 g/mol. The Bertz CT molecular complexity index is 1110. The topological polar surface area (TPSA) is 190 Å². The number of nitrogens with one attached hydrogen (secondary N) is 1. The van der Waals surface area contributed by atoms with Crippen molar-refractivity contribution in [3.05, 3.63) is 0 Å². The van der Waals surface area contributed by atoms with Crippen LogP contribution in [0.4, 0.5) is 0 Å². The smallest absolute Gasteiger partial charge is 0.336 e. The van der Waals surface area contributed by atoms with Crippen LogP contribution in [0.3, 0.4) is 0 Å². The lowest BCUT2D eigenvalue weighted by atomic mass is 9.68. The molecule has 1 saturated heterocycles. The third kappa shape index (κ3) is 13.2. The Morgan fingerprint density at radius 3 is 1.89 bits per heavy atom. The average Bonchev–Trinajstić information content (AvgIpc) is 3.31. The summed E-state index contributed by atoms with van der Waals surface area (Å²) in [4.78, 5) is 95.3. The van der Waals surface area contributed by atoms with Gasteiger partial charge in [-0.1, -0.05) is 6.92 Å². The lowest BCUT2D eigenvalue weighted by Crippen LogP contribution is -2.44. The zero-order chi connectivity index (χ0) is 35.9. The zero-order valence-corrected chi connectivity index (χ0v) is 29.1. The van der Waals surface area contributed by atoms with E-state index in [1.54, 1.807) is 34.6 Å². The van der Waals surface area contributed by atoms with Gasteiger partial charge in [-0.15, -0.1) is 5.06 Å². The van der Waals surface area contributed by atoms with Crippen LogP contribution in [0.2, 0.25) is 0 Å². The van der Waals surface area contributed by atoms with Gasteiger partial charge in [-0.3, -0.25) is 24.0 Å². The zero-order valence-electron chi connectivity index (χ0n) is 29.1. The summed E-state index contributed by atoms with van der Waals surface area (Å²) in [6, 6.07) is -0.187. The Hall–Kier alpha value is -3.59. The Labute approximate surface area is 276 Å². The van der Waals surface area contributed by atoms with Crippen molar-refractivity contribution in [3.8, 4) is 0 Å². The minimum atomic E-state index is -1.58. The fraction of sp³-hybridized carbons (Fsp3) is 0.781. The predicted octanol–water partition coefficient (Wildman–Crippen LogP) is 2.27. The second-order valence-electron chi connectivity index (χ2n) is 12.8. The maximum absolute atomic E-state index is 13.8. The summed E-state index contributed by atoms with van der Waals surface area (Å²) in [7, 11) is 2.79. The lowest BCUT2D eigenvalue weighted by Gasteiger charge is -2.36. The molecule has 0 aromatic rings. The van der Waals surface area contributed by atoms with Gasteiger partial charge in [0.25, 0.3) is 11.8 Å². The first-order chi connectivity index (χ1) is 21.9. The van der Waals surface area contributed by atoms with Crippen molar-refractivity contribution in [1.29, 1.82) is 0 Å². The van der Waals surface area contributed by atoms with E-state index in [4.69, 9.17) is 28.5 Å². The SMILES string of the molecule is CCC(CC(CC(C)(CC(C)(C)C(=O)OCCOC)C(=O)OCCOC(=O)C(C)OC)C(=O)ON1C(=O)CCC1=O)C(=O)NC(C)C. The van der Waals surface area contributed by atoms with Crippen molar-refractivity contribution in [1.82, 2.24) is 10.4 Å². The van der Waals surface area contributed by atoms with E-state index in [1.165, 1.54) is 28.1 Å². The molecule has 15 nitrogen and oxygen atoms in total. The fourth-order valence-electron chi connectivity index (χ4n) is 5.19. The molecule has 1 aliphatic rings. The van der Waals surface area contributed by atoms with Crippen LogP contribution in [0.15, 0.2) is 0 Å². The van der Waals surface area contributed by atoms with Gasteiger partial charge < -0.3 is 33.8 Å². The van der Waals surface area contributed by atoms with Gasteiger partial charge in [0.05, 0.1) is 23.4 Å². The molecule has 1 fully saturated rings. The number of rotatable bonds is 21. The summed E-state index contributed by atoms with van der Waals surface area (Å²) in [6.07, 6.45) is -1.31. The number of nitrogens with zero attached hydrogens (tertiary/aromatic N) is 1. The summed E-state index contributed by atoms with van der Waals surface area (Å²) in [6.45, 7) is 11.0. The van der Waals surface area contributed by atoms with Crippen molar-refractivity contribution in [2.45, 2.75) is 99.1 Å². The number of esters is 3. The summed E-state index contributed by atoms with van der Waals surface area (Å²) >= 11 is 0. The van der Waals surface area contributed by atoms with Crippen molar-refractivity contribution < 1.29 is 62.1 Å². The minimum absolute atomic E-state index is 0.0266. The second kappa shape index (κ2) is 19.3. The number of hydrogen-bond donors (Lipinski definition) is 1. The highest BCUT2D eigenvalue weighted by atomic mass is 16.7. The number of hydrogen-bond acceptors (Lipinski definition) is 13. The molecule has 47 heavy (non-hydrogen) atoms. The number of hydroxylamine groups is 2. The van der Waals surface area contributed by atoms with Gasteiger partial charge in [-0.25, -0.2) is 9.59 Å². The van der Waals surface area contributed by atoms with Crippen molar-refractivity contribution in [2.75, 3.05) is 40.6 Å². The van der Waals surface area contributed by atoms with Crippen LogP contribution in [-0.4, -0.2) is 99.5 Å². The summed E-state index contributed by atoms with van der Waals surface area (Å²) in [5.41, 5.74) is -2.86. The van der Waals surface area contributed by atoms with Gasteiger partial charge in [0.1, 0.15) is 19.8 Å².